The van der Waals surface area contributed by atoms with Crippen molar-refractivity contribution in [3.63, 3.8) is 0 Å². The van der Waals surface area contributed by atoms with Crippen LogP contribution in [0.1, 0.15) is 58.9 Å². The molecule has 35 heavy (non-hydrogen) atoms. The fourth-order valence-electron chi connectivity index (χ4n) is 7.94. The van der Waals surface area contributed by atoms with Gasteiger partial charge in [-0.3, -0.25) is 9.59 Å². The Bertz CT molecular complexity index is 1200. The Hall–Kier alpha value is -2.80. The summed E-state index contributed by atoms with van der Waals surface area (Å²) >= 11 is 0. The number of amides is 2. The van der Waals surface area contributed by atoms with Crippen LogP contribution in [0.5, 0.6) is 11.5 Å². The fourth-order valence-corrected chi connectivity index (χ4v) is 7.94. The number of nitrogens with one attached hydrogen (secondary N) is 2. The van der Waals surface area contributed by atoms with Crippen molar-refractivity contribution in [2.75, 3.05) is 18.9 Å². The molecule has 0 aromatic heterocycles. The predicted octanol–water partition coefficient (Wildman–Crippen LogP) is 3.90. The minimum atomic E-state index is -0.786. The van der Waals surface area contributed by atoms with Gasteiger partial charge >= 0.3 is 0 Å². The molecule has 5 heterocycles. The van der Waals surface area contributed by atoms with E-state index in [1.165, 1.54) is 0 Å². The largest absolute Gasteiger partial charge is 0.480 e. The SMILES string of the molecule is C=CCC[C@@]12C[C@H]3C(C)(C)[C@@]4(C[C@]3(CN1)N(C)C2=O)C(=O)Nc1c4ccc2c1OC=CC(C)(C)O2. The molecule has 7 rings (SSSR count). The predicted molar refractivity (Wildman–Crippen MR) is 133 cm³/mol. The number of carbonyl (C=O) groups excluding carboxylic acids is 2. The normalized spacial score (nSPS) is 37.2. The summed E-state index contributed by atoms with van der Waals surface area (Å²) in [6.45, 7) is 12.9. The first kappa shape index (κ1) is 22.7. The molecule has 6 aliphatic rings. The van der Waals surface area contributed by atoms with E-state index in [0.29, 0.717) is 30.2 Å². The van der Waals surface area contributed by atoms with Crippen molar-refractivity contribution in [2.45, 2.75) is 75.5 Å². The smallest absolute Gasteiger partial charge is 0.243 e. The van der Waals surface area contributed by atoms with Gasteiger partial charge in [-0.2, -0.15) is 0 Å². The molecule has 0 radical (unpaired) electrons. The Morgan fingerprint density at radius 3 is 2.74 bits per heavy atom. The first-order valence-corrected chi connectivity index (χ1v) is 12.6. The molecule has 4 fully saturated rings. The van der Waals surface area contributed by atoms with Crippen molar-refractivity contribution in [2.24, 2.45) is 11.3 Å². The molecule has 186 valence electrons. The monoisotopic (exact) mass is 477 g/mol. The summed E-state index contributed by atoms with van der Waals surface area (Å²) < 4.78 is 12.2. The van der Waals surface area contributed by atoms with Gasteiger partial charge in [-0.05, 0) is 68.6 Å². The number of benzene rings is 1. The van der Waals surface area contributed by atoms with Crippen LogP contribution in [0.15, 0.2) is 37.1 Å². The highest BCUT2D eigenvalue weighted by molar-refractivity contribution is 6.09. The zero-order valence-corrected chi connectivity index (χ0v) is 21.3. The number of hydrogen-bond donors (Lipinski definition) is 2. The lowest BCUT2D eigenvalue weighted by Gasteiger charge is -2.61. The molecule has 7 nitrogen and oxygen atoms in total. The van der Waals surface area contributed by atoms with Crippen molar-refractivity contribution < 1.29 is 19.1 Å². The maximum Gasteiger partial charge on any atom is 0.243 e. The molecule has 4 atom stereocenters. The van der Waals surface area contributed by atoms with Crippen LogP contribution in [-0.4, -0.2) is 47.0 Å². The van der Waals surface area contributed by atoms with Crippen LogP contribution < -0.4 is 20.1 Å². The van der Waals surface area contributed by atoms with Crippen molar-refractivity contribution in [3.8, 4) is 11.5 Å². The van der Waals surface area contributed by atoms with E-state index in [1.54, 1.807) is 6.26 Å². The van der Waals surface area contributed by atoms with E-state index in [0.717, 1.165) is 24.8 Å². The van der Waals surface area contributed by atoms with Gasteiger partial charge in [0.25, 0.3) is 0 Å². The number of nitrogens with zero attached hydrogens (tertiary/aromatic N) is 1. The fraction of sp³-hybridized carbons (Fsp3) is 0.571. The van der Waals surface area contributed by atoms with Crippen LogP contribution in [0.3, 0.4) is 0 Å². The highest BCUT2D eigenvalue weighted by atomic mass is 16.5. The number of piperazine rings is 1. The lowest BCUT2D eigenvalue weighted by atomic mass is 9.57. The second-order valence-electron chi connectivity index (χ2n) is 12.2. The van der Waals surface area contributed by atoms with Gasteiger partial charge in [0, 0.05) is 13.6 Å². The van der Waals surface area contributed by atoms with E-state index < -0.39 is 27.5 Å². The maximum absolute atomic E-state index is 14.1. The molecule has 2 bridgehead atoms. The summed E-state index contributed by atoms with van der Waals surface area (Å²) in [4.78, 5) is 29.7. The summed E-state index contributed by atoms with van der Waals surface area (Å²) in [6, 6.07) is 3.96. The third-order valence-corrected chi connectivity index (χ3v) is 9.87. The number of piperidine rings is 2. The van der Waals surface area contributed by atoms with Crippen LogP contribution in [0.4, 0.5) is 5.69 Å². The van der Waals surface area contributed by atoms with E-state index in [1.807, 2.05) is 50.1 Å². The van der Waals surface area contributed by atoms with E-state index in [9.17, 15) is 9.59 Å². The zero-order chi connectivity index (χ0) is 25.0. The second-order valence-corrected chi connectivity index (χ2v) is 12.2. The Labute approximate surface area is 206 Å². The van der Waals surface area contributed by atoms with Gasteiger partial charge in [0.2, 0.25) is 11.8 Å². The topological polar surface area (TPSA) is 79.9 Å². The number of allylic oxidation sites excluding steroid dienone is 1. The molecule has 2 spiro atoms. The minimum Gasteiger partial charge on any atom is -0.480 e. The van der Waals surface area contributed by atoms with Crippen molar-refractivity contribution >= 4 is 17.5 Å². The molecule has 1 saturated carbocycles. The molecule has 3 saturated heterocycles. The molecule has 1 aromatic carbocycles. The number of likely N-dealkylation sites (N-methyl/N-ethyl adjacent to an activating group) is 1. The summed E-state index contributed by atoms with van der Waals surface area (Å²) in [5.41, 5.74) is -1.10. The molecule has 1 aromatic rings. The number of ether oxygens (including phenoxy) is 2. The number of rotatable bonds is 3. The van der Waals surface area contributed by atoms with Gasteiger partial charge in [0.15, 0.2) is 11.5 Å². The van der Waals surface area contributed by atoms with Gasteiger partial charge in [-0.15, -0.1) is 6.58 Å². The third kappa shape index (κ3) is 2.55. The zero-order valence-electron chi connectivity index (χ0n) is 21.3. The van der Waals surface area contributed by atoms with Crippen molar-refractivity contribution in [1.29, 1.82) is 0 Å². The van der Waals surface area contributed by atoms with E-state index in [2.05, 4.69) is 31.1 Å². The number of fused-ring (bicyclic) bond motifs is 6. The Balaban J connectivity index is 1.50. The number of carbonyl (C=O) groups is 2. The van der Waals surface area contributed by atoms with E-state index in [4.69, 9.17) is 9.47 Å². The number of hydrogen-bond acceptors (Lipinski definition) is 5. The van der Waals surface area contributed by atoms with Crippen LogP contribution in [0.25, 0.3) is 0 Å². The highest BCUT2D eigenvalue weighted by Gasteiger charge is 2.77. The van der Waals surface area contributed by atoms with E-state index in [-0.39, 0.29) is 17.7 Å². The van der Waals surface area contributed by atoms with Gasteiger partial charge in [0.05, 0.1) is 28.4 Å². The molecular weight excluding hydrogens is 442 g/mol. The molecule has 1 aliphatic carbocycles. The molecule has 2 N–H and O–H groups in total. The summed E-state index contributed by atoms with van der Waals surface area (Å²) in [7, 11) is 1.93. The molecular formula is C28H35N3O4. The van der Waals surface area contributed by atoms with Gasteiger partial charge in [-0.1, -0.05) is 26.0 Å². The lowest BCUT2D eigenvalue weighted by Crippen LogP contribution is -2.79. The Kier molecular flexibility index (Phi) is 4.33. The maximum atomic E-state index is 14.1. The quantitative estimate of drug-likeness (QED) is 0.646. The lowest BCUT2D eigenvalue weighted by molar-refractivity contribution is -0.166. The highest BCUT2D eigenvalue weighted by Crippen LogP contribution is 2.70. The summed E-state index contributed by atoms with van der Waals surface area (Å²) in [5.74, 6) is 1.44. The van der Waals surface area contributed by atoms with Crippen LogP contribution in [0.2, 0.25) is 0 Å². The molecule has 2 amide bonds. The second kappa shape index (κ2) is 6.69. The Morgan fingerprint density at radius 2 is 2.00 bits per heavy atom. The summed E-state index contributed by atoms with van der Waals surface area (Å²) in [5, 5.41) is 6.82. The first-order chi connectivity index (χ1) is 16.4. The van der Waals surface area contributed by atoms with Gasteiger partial charge in [0.1, 0.15) is 5.60 Å². The van der Waals surface area contributed by atoms with Crippen molar-refractivity contribution in [1.82, 2.24) is 10.2 Å². The third-order valence-electron chi connectivity index (χ3n) is 9.87. The van der Waals surface area contributed by atoms with Gasteiger partial charge < -0.3 is 25.0 Å². The van der Waals surface area contributed by atoms with Gasteiger partial charge in [-0.25, -0.2) is 0 Å². The molecule has 0 unspecified atom stereocenters. The van der Waals surface area contributed by atoms with Crippen molar-refractivity contribution in [3.05, 3.63) is 42.7 Å². The molecule has 7 heteroatoms. The number of anilines is 1. The van der Waals surface area contributed by atoms with Crippen LogP contribution in [0, 0.1) is 11.3 Å². The standard InChI is InChI=1S/C28H35N3O4/c1-7-8-11-26-14-19-25(4,5)28(15-27(19,16-29-26)31(6)23(26)33)17-9-10-18-21(20(17)30-22(28)32)34-13-12-24(2,3)35-18/h7,9-10,12-13,19,29H,1,8,11,14-16H2,2-6H3,(H,30,32)/t19-,26-,27+,28+/m0/s1. The average molecular weight is 478 g/mol. The first-order valence-electron chi connectivity index (χ1n) is 12.6. The van der Waals surface area contributed by atoms with Crippen LogP contribution >= 0.6 is 0 Å². The summed E-state index contributed by atoms with van der Waals surface area (Å²) in [6.07, 6.45) is 8.18. The minimum absolute atomic E-state index is 0.0183. The Morgan fingerprint density at radius 1 is 1.23 bits per heavy atom. The molecule has 5 aliphatic heterocycles. The average Bonchev–Trinajstić information content (AvgIpc) is 3.12. The van der Waals surface area contributed by atoms with E-state index >= 15 is 0 Å². The van der Waals surface area contributed by atoms with Crippen LogP contribution in [-0.2, 0) is 15.0 Å².